The maximum Gasteiger partial charge on any atom is 0.317 e. The fourth-order valence-corrected chi connectivity index (χ4v) is 3.40. The molecule has 1 aliphatic heterocycles. The number of anilines is 1. The molecule has 1 fully saturated rings. The van der Waals surface area contributed by atoms with Crippen LogP contribution in [0.1, 0.15) is 18.5 Å². The average Bonchev–Trinajstić information content (AvgIpc) is 2.65. The van der Waals surface area contributed by atoms with E-state index in [-0.39, 0.29) is 12.1 Å². The first-order valence-corrected chi connectivity index (χ1v) is 9.11. The Hall–Kier alpha value is -1.91. The summed E-state index contributed by atoms with van der Waals surface area (Å²) in [5, 5.41) is 4.18. The molecule has 6 heteroatoms. The van der Waals surface area contributed by atoms with Crippen LogP contribution in [0.25, 0.3) is 0 Å². The van der Waals surface area contributed by atoms with E-state index in [1.54, 1.807) is 6.07 Å². The fraction of sp³-hybridized carbons (Fsp3) is 0.316. The van der Waals surface area contributed by atoms with Gasteiger partial charge in [0.15, 0.2) is 0 Å². The Morgan fingerprint density at radius 3 is 2.36 bits per heavy atom. The van der Waals surface area contributed by atoms with Gasteiger partial charge in [-0.1, -0.05) is 59.6 Å². The number of piperazine rings is 1. The zero-order chi connectivity index (χ0) is 17.8. The average molecular weight is 378 g/mol. The van der Waals surface area contributed by atoms with Crippen LogP contribution in [0.3, 0.4) is 0 Å². The van der Waals surface area contributed by atoms with Gasteiger partial charge in [-0.15, -0.1) is 0 Å². The van der Waals surface area contributed by atoms with Crippen molar-refractivity contribution in [2.75, 3.05) is 31.1 Å². The molecule has 1 saturated heterocycles. The van der Waals surface area contributed by atoms with Gasteiger partial charge >= 0.3 is 6.03 Å². The first kappa shape index (κ1) is 17.9. The molecule has 0 aromatic heterocycles. The Bertz CT molecular complexity index is 731. The third kappa shape index (κ3) is 4.20. The van der Waals surface area contributed by atoms with Gasteiger partial charge < -0.3 is 15.1 Å². The highest BCUT2D eigenvalue weighted by atomic mass is 35.5. The van der Waals surface area contributed by atoms with Gasteiger partial charge in [-0.2, -0.15) is 0 Å². The molecule has 1 N–H and O–H groups in total. The highest BCUT2D eigenvalue weighted by Crippen LogP contribution is 2.32. The molecule has 25 heavy (non-hydrogen) atoms. The van der Waals surface area contributed by atoms with Crippen molar-refractivity contribution < 1.29 is 4.79 Å². The number of urea groups is 1. The van der Waals surface area contributed by atoms with E-state index in [9.17, 15) is 4.79 Å². The van der Waals surface area contributed by atoms with Gasteiger partial charge in [0.25, 0.3) is 0 Å². The summed E-state index contributed by atoms with van der Waals surface area (Å²) in [6.45, 7) is 4.75. The number of nitrogens with zero attached hydrogens (tertiary/aromatic N) is 2. The lowest BCUT2D eigenvalue weighted by atomic mass is 10.1. The van der Waals surface area contributed by atoms with Crippen LogP contribution in [0.4, 0.5) is 10.5 Å². The van der Waals surface area contributed by atoms with Gasteiger partial charge in [0.05, 0.1) is 21.8 Å². The van der Waals surface area contributed by atoms with Crippen molar-refractivity contribution >= 4 is 34.9 Å². The van der Waals surface area contributed by atoms with Crippen molar-refractivity contribution in [3.63, 3.8) is 0 Å². The molecule has 132 valence electrons. The number of hydrogen-bond donors (Lipinski definition) is 1. The number of hydrogen-bond acceptors (Lipinski definition) is 2. The van der Waals surface area contributed by atoms with Crippen LogP contribution >= 0.6 is 23.2 Å². The summed E-state index contributed by atoms with van der Waals surface area (Å²) in [7, 11) is 0. The molecular weight excluding hydrogens is 357 g/mol. The quantitative estimate of drug-likeness (QED) is 0.848. The largest absolute Gasteiger partial charge is 0.367 e. The Kier molecular flexibility index (Phi) is 5.71. The number of benzene rings is 2. The standard InChI is InChI=1S/C19H21Cl2N3O/c1-14(15-6-3-2-4-7-15)22-19(25)24-12-10-23(11-13-24)17-9-5-8-16(20)18(17)21/h2-9,14H,10-13H2,1H3,(H,22,25). The minimum Gasteiger partial charge on any atom is -0.367 e. The Morgan fingerprint density at radius 2 is 1.68 bits per heavy atom. The SMILES string of the molecule is CC(NC(=O)N1CCN(c2cccc(Cl)c2Cl)CC1)c1ccccc1. The van der Waals surface area contributed by atoms with Crippen molar-refractivity contribution in [2.45, 2.75) is 13.0 Å². The summed E-state index contributed by atoms with van der Waals surface area (Å²) < 4.78 is 0. The molecule has 0 radical (unpaired) electrons. The highest BCUT2D eigenvalue weighted by Gasteiger charge is 2.23. The van der Waals surface area contributed by atoms with Gasteiger partial charge in [0.2, 0.25) is 0 Å². The maximum atomic E-state index is 12.5. The molecule has 0 spiro atoms. The second-order valence-corrected chi connectivity index (χ2v) is 6.91. The van der Waals surface area contributed by atoms with Gasteiger partial charge in [0, 0.05) is 26.2 Å². The predicted octanol–water partition coefficient (Wildman–Crippen LogP) is 4.59. The fourth-order valence-electron chi connectivity index (χ4n) is 2.99. The van der Waals surface area contributed by atoms with Crippen molar-refractivity contribution in [2.24, 2.45) is 0 Å². The van der Waals surface area contributed by atoms with Crippen LogP contribution in [-0.4, -0.2) is 37.1 Å². The molecule has 1 aliphatic rings. The molecule has 1 heterocycles. The van der Waals surface area contributed by atoms with Gasteiger partial charge in [-0.05, 0) is 24.6 Å². The third-order valence-electron chi connectivity index (χ3n) is 4.48. The zero-order valence-electron chi connectivity index (χ0n) is 14.1. The van der Waals surface area contributed by atoms with E-state index in [4.69, 9.17) is 23.2 Å². The van der Waals surface area contributed by atoms with E-state index in [1.165, 1.54) is 0 Å². The smallest absolute Gasteiger partial charge is 0.317 e. The molecular formula is C19H21Cl2N3O. The van der Waals surface area contributed by atoms with Crippen molar-refractivity contribution in [1.29, 1.82) is 0 Å². The Balaban J connectivity index is 1.57. The molecule has 3 rings (SSSR count). The summed E-state index contributed by atoms with van der Waals surface area (Å²) in [6.07, 6.45) is 0. The number of rotatable bonds is 3. The van der Waals surface area contributed by atoms with E-state index in [0.717, 1.165) is 24.3 Å². The first-order chi connectivity index (χ1) is 12.1. The molecule has 1 atom stereocenters. The van der Waals surface area contributed by atoms with Crippen molar-refractivity contribution in [1.82, 2.24) is 10.2 Å². The lowest BCUT2D eigenvalue weighted by Crippen LogP contribution is -2.52. The van der Waals surface area contributed by atoms with Gasteiger partial charge in [-0.3, -0.25) is 0 Å². The molecule has 2 aromatic carbocycles. The molecule has 0 aliphatic carbocycles. The summed E-state index contributed by atoms with van der Waals surface area (Å²) in [5.74, 6) is 0. The van der Waals surface area contributed by atoms with Crippen LogP contribution in [0.15, 0.2) is 48.5 Å². The molecule has 0 saturated carbocycles. The van der Waals surface area contributed by atoms with Gasteiger partial charge in [0.1, 0.15) is 0 Å². The number of carbonyl (C=O) groups is 1. The van der Waals surface area contributed by atoms with E-state index in [1.807, 2.05) is 54.3 Å². The second-order valence-electron chi connectivity index (χ2n) is 6.13. The molecule has 2 aromatic rings. The topological polar surface area (TPSA) is 35.6 Å². The van der Waals surface area contributed by atoms with Crippen LogP contribution in [-0.2, 0) is 0 Å². The first-order valence-electron chi connectivity index (χ1n) is 8.35. The summed E-state index contributed by atoms with van der Waals surface area (Å²) in [6, 6.07) is 15.5. The summed E-state index contributed by atoms with van der Waals surface area (Å²) in [5.41, 5.74) is 2.02. The number of amides is 2. The van der Waals surface area contributed by atoms with Crippen LogP contribution in [0, 0.1) is 0 Å². The van der Waals surface area contributed by atoms with E-state index >= 15 is 0 Å². The summed E-state index contributed by atoms with van der Waals surface area (Å²) in [4.78, 5) is 16.5. The predicted molar refractivity (Wildman–Crippen MR) is 104 cm³/mol. The molecule has 0 bridgehead atoms. The molecule has 2 amide bonds. The maximum absolute atomic E-state index is 12.5. The lowest BCUT2D eigenvalue weighted by Gasteiger charge is -2.37. The molecule has 4 nitrogen and oxygen atoms in total. The normalized spacial score (nSPS) is 15.8. The minimum absolute atomic E-state index is 0.0193. The zero-order valence-corrected chi connectivity index (χ0v) is 15.6. The molecule has 1 unspecified atom stereocenters. The second kappa shape index (κ2) is 7.98. The minimum atomic E-state index is -0.0341. The monoisotopic (exact) mass is 377 g/mol. The van der Waals surface area contributed by atoms with Crippen molar-refractivity contribution in [3.05, 3.63) is 64.1 Å². The van der Waals surface area contributed by atoms with Crippen LogP contribution in [0.2, 0.25) is 10.0 Å². The lowest BCUT2D eigenvalue weighted by molar-refractivity contribution is 0.191. The third-order valence-corrected chi connectivity index (χ3v) is 5.29. The Morgan fingerprint density at radius 1 is 1.00 bits per heavy atom. The number of nitrogens with one attached hydrogen (secondary N) is 1. The van der Waals surface area contributed by atoms with E-state index < -0.39 is 0 Å². The van der Waals surface area contributed by atoms with Crippen LogP contribution < -0.4 is 10.2 Å². The number of carbonyl (C=O) groups excluding carboxylic acids is 1. The van der Waals surface area contributed by atoms with Crippen molar-refractivity contribution in [3.8, 4) is 0 Å². The number of halogens is 2. The van der Waals surface area contributed by atoms with Crippen LogP contribution in [0.5, 0.6) is 0 Å². The van der Waals surface area contributed by atoms with E-state index in [2.05, 4.69) is 10.2 Å². The van der Waals surface area contributed by atoms with Gasteiger partial charge in [-0.25, -0.2) is 4.79 Å². The highest BCUT2D eigenvalue weighted by molar-refractivity contribution is 6.43. The van der Waals surface area contributed by atoms with E-state index in [0.29, 0.717) is 23.1 Å². The Labute approximate surface area is 158 Å². The summed E-state index contributed by atoms with van der Waals surface area (Å²) >= 11 is 12.4.